The van der Waals surface area contributed by atoms with E-state index in [-0.39, 0.29) is 6.61 Å². The number of ether oxygens (including phenoxy) is 2. The molecule has 0 radical (unpaired) electrons. The van der Waals surface area contributed by atoms with E-state index in [1.807, 2.05) is 0 Å². The Bertz CT molecular complexity index is 167. The van der Waals surface area contributed by atoms with Crippen molar-refractivity contribution in [2.45, 2.75) is 30.6 Å². The zero-order valence-corrected chi connectivity index (χ0v) is 7.33. The SMILES string of the molecule is COC1C(N)[C@H](O)OC(CO)[C@H]1O. The number of rotatable bonds is 2. The minimum atomic E-state index is -1.22. The number of nitrogens with two attached hydrogens (primary N) is 1. The lowest BCUT2D eigenvalue weighted by Crippen LogP contribution is -2.62. The van der Waals surface area contributed by atoms with Gasteiger partial charge in [-0.1, -0.05) is 0 Å². The highest BCUT2D eigenvalue weighted by Crippen LogP contribution is 2.20. The van der Waals surface area contributed by atoms with Crippen molar-refractivity contribution in [3.63, 3.8) is 0 Å². The topological polar surface area (TPSA) is 105 Å². The van der Waals surface area contributed by atoms with Crippen molar-refractivity contribution >= 4 is 0 Å². The van der Waals surface area contributed by atoms with Crippen LogP contribution in [0.3, 0.4) is 0 Å². The molecule has 0 aromatic rings. The maximum Gasteiger partial charge on any atom is 0.173 e. The molecule has 5 atom stereocenters. The summed E-state index contributed by atoms with van der Waals surface area (Å²) in [5.74, 6) is 0. The maximum absolute atomic E-state index is 9.52. The van der Waals surface area contributed by atoms with E-state index in [4.69, 9.17) is 20.3 Å². The fourth-order valence-electron chi connectivity index (χ4n) is 1.40. The Hall–Kier alpha value is -0.240. The Morgan fingerprint density at radius 3 is 2.54 bits per heavy atom. The minimum Gasteiger partial charge on any atom is -0.394 e. The van der Waals surface area contributed by atoms with Gasteiger partial charge in [0, 0.05) is 7.11 Å². The summed E-state index contributed by atoms with van der Waals surface area (Å²) >= 11 is 0. The highest BCUT2D eigenvalue weighted by molar-refractivity contribution is 4.91. The average Bonchev–Trinajstić information content (AvgIpc) is 2.12. The summed E-state index contributed by atoms with van der Waals surface area (Å²) < 4.78 is 9.73. The Labute approximate surface area is 75.9 Å². The first-order valence-corrected chi connectivity index (χ1v) is 4.02. The highest BCUT2D eigenvalue weighted by Gasteiger charge is 2.42. The molecule has 0 spiro atoms. The van der Waals surface area contributed by atoms with Gasteiger partial charge in [-0.3, -0.25) is 0 Å². The van der Waals surface area contributed by atoms with E-state index in [9.17, 15) is 10.2 Å². The molecule has 78 valence electrons. The molecule has 0 aromatic heterocycles. The van der Waals surface area contributed by atoms with Crippen LogP contribution in [-0.4, -0.2) is 59.7 Å². The van der Waals surface area contributed by atoms with E-state index in [1.54, 1.807) is 0 Å². The lowest BCUT2D eigenvalue weighted by Gasteiger charge is -2.39. The second-order valence-corrected chi connectivity index (χ2v) is 3.02. The summed E-state index contributed by atoms with van der Waals surface area (Å²) in [6.07, 6.45) is -3.81. The Morgan fingerprint density at radius 1 is 1.46 bits per heavy atom. The van der Waals surface area contributed by atoms with Crippen LogP contribution in [0.2, 0.25) is 0 Å². The number of aliphatic hydroxyl groups excluding tert-OH is 3. The molecule has 1 aliphatic heterocycles. The first kappa shape index (κ1) is 10.8. The van der Waals surface area contributed by atoms with Crippen molar-refractivity contribution in [1.29, 1.82) is 0 Å². The van der Waals surface area contributed by atoms with Crippen molar-refractivity contribution in [2.75, 3.05) is 13.7 Å². The minimum absolute atomic E-state index is 0.384. The van der Waals surface area contributed by atoms with Gasteiger partial charge in [-0.15, -0.1) is 0 Å². The van der Waals surface area contributed by atoms with Crippen LogP contribution in [0.4, 0.5) is 0 Å². The van der Waals surface area contributed by atoms with Crippen LogP contribution < -0.4 is 5.73 Å². The summed E-state index contributed by atoms with van der Waals surface area (Å²) in [5, 5.41) is 27.6. The van der Waals surface area contributed by atoms with Crippen molar-refractivity contribution in [2.24, 2.45) is 5.73 Å². The molecule has 13 heavy (non-hydrogen) atoms. The monoisotopic (exact) mass is 193 g/mol. The van der Waals surface area contributed by atoms with E-state index in [0.29, 0.717) is 0 Å². The number of hydrogen-bond donors (Lipinski definition) is 4. The van der Waals surface area contributed by atoms with Crippen LogP contribution in [-0.2, 0) is 9.47 Å². The molecule has 1 rings (SSSR count). The zero-order valence-electron chi connectivity index (χ0n) is 7.33. The van der Waals surface area contributed by atoms with Crippen LogP contribution >= 0.6 is 0 Å². The smallest absolute Gasteiger partial charge is 0.173 e. The van der Waals surface area contributed by atoms with Gasteiger partial charge in [0.05, 0.1) is 12.6 Å². The van der Waals surface area contributed by atoms with E-state index >= 15 is 0 Å². The molecule has 0 aromatic carbocycles. The van der Waals surface area contributed by atoms with Gasteiger partial charge in [-0.25, -0.2) is 0 Å². The van der Waals surface area contributed by atoms with E-state index in [1.165, 1.54) is 7.11 Å². The van der Waals surface area contributed by atoms with Gasteiger partial charge in [0.1, 0.15) is 18.3 Å². The molecule has 0 aliphatic carbocycles. The Balaban J connectivity index is 2.69. The number of aliphatic hydroxyl groups is 3. The molecule has 0 amide bonds. The predicted octanol–water partition coefficient (Wildman–Crippen LogP) is -2.60. The molecule has 0 saturated carbocycles. The van der Waals surface area contributed by atoms with Gasteiger partial charge in [-0.2, -0.15) is 0 Å². The third-order valence-corrected chi connectivity index (χ3v) is 2.19. The molecule has 3 unspecified atom stereocenters. The van der Waals surface area contributed by atoms with Crippen LogP contribution in [0.1, 0.15) is 0 Å². The van der Waals surface area contributed by atoms with Gasteiger partial charge >= 0.3 is 0 Å². The quantitative estimate of drug-likeness (QED) is 0.383. The van der Waals surface area contributed by atoms with Gasteiger partial charge in [0.2, 0.25) is 0 Å². The lowest BCUT2D eigenvalue weighted by atomic mass is 9.98. The summed E-state index contributed by atoms with van der Waals surface area (Å²) in [6, 6.07) is -0.803. The molecule has 1 saturated heterocycles. The molecule has 5 N–H and O–H groups in total. The van der Waals surface area contributed by atoms with Crippen molar-refractivity contribution in [3.8, 4) is 0 Å². The first-order chi connectivity index (χ1) is 6.11. The molecule has 6 heteroatoms. The predicted molar refractivity (Wildman–Crippen MR) is 42.7 cm³/mol. The van der Waals surface area contributed by atoms with Crippen LogP contribution in [0.15, 0.2) is 0 Å². The third-order valence-electron chi connectivity index (χ3n) is 2.19. The van der Waals surface area contributed by atoms with E-state index < -0.39 is 30.6 Å². The van der Waals surface area contributed by atoms with Crippen LogP contribution in [0.5, 0.6) is 0 Å². The van der Waals surface area contributed by atoms with Crippen molar-refractivity contribution in [1.82, 2.24) is 0 Å². The van der Waals surface area contributed by atoms with Gasteiger partial charge in [0.25, 0.3) is 0 Å². The van der Waals surface area contributed by atoms with E-state index in [0.717, 1.165) is 0 Å². The summed E-state index contributed by atoms with van der Waals surface area (Å²) in [7, 11) is 1.38. The largest absolute Gasteiger partial charge is 0.394 e. The molecule has 6 nitrogen and oxygen atoms in total. The summed E-state index contributed by atoms with van der Waals surface area (Å²) in [5.41, 5.74) is 5.50. The normalized spacial score (nSPS) is 46.4. The highest BCUT2D eigenvalue weighted by atomic mass is 16.6. The molecule has 1 aliphatic rings. The second-order valence-electron chi connectivity index (χ2n) is 3.02. The average molecular weight is 193 g/mol. The maximum atomic E-state index is 9.52. The van der Waals surface area contributed by atoms with Crippen LogP contribution in [0.25, 0.3) is 0 Å². The Kier molecular flexibility index (Phi) is 3.60. The number of methoxy groups -OCH3 is 1. The van der Waals surface area contributed by atoms with Crippen molar-refractivity contribution in [3.05, 3.63) is 0 Å². The van der Waals surface area contributed by atoms with Gasteiger partial charge in [0.15, 0.2) is 6.29 Å². The molecule has 0 bridgehead atoms. The first-order valence-electron chi connectivity index (χ1n) is 4.02. The fourth-order valence-corrected chi connectivity index (χ4v) is 1.40. The zero-order chi connectivity index (χ0) is 10.0. The summed E-state index contributed by atoms with van der Waals surface area (Å²) in [6.45, 7) is -0.384. The van der Waals surface area contributed by atoms with Crippen molar-refractivity contribution < 1.29 is 24.8 Å². The van der Waals surface area contributed by atoms with Crippen LogP contribution in [0, 0.1) is 0 Å². The molecule has 1 heterocycles. The molecular weight excluding hydrogens is 178 g/mol. The third kappa shape index (κ3) is 1.98. The van der Waals surface area contributed by atoms with Gasteiger partial charge in [-0.05, 0) is 0 Å². The fraction of sp³-hybridized carbons (Fsp3) is 1.00. The lowest BCUT2D eigenvalue weighted by molar-refractivity contribution is -0.253. The number of hydrogen-bond acceptors (Lipinski definition) is 6. The molecular formula is C7H15NO5. The summed E-state index contributed by atoms with van der Waals surface area (Å²) in [4.78, 5) is 0. The molecule has 1 fully saturated rings. The Morgan fingerprint density at radius 2 is 2.08 bits per heavy atom. The second kappa shape index (κ2) is 4.32. The van der Waals surface area contributed by atoms with Gasteiger partial charge < -0.3 is 30.5 Å². The standard InChI is InChI=1S/C7H15NO5/c1-12-6-4(8)7(11)13-3(2-9)5(6)10/h3-7,9-11H,2,8H2,1H3/t3?,4?,5-,6?,7-/m1/s1. The van der Waals surface area contributed by atoms with E-state index in [2.05, 4.69) is 0 Å².